The molecule has 90 valence electrons. The van der Waals surface area contributed by atoms with Crippen LogP contribution in [-0.2, 0) is 6.54 Å². The number of aromatic nitrogens is 2. The average molecular weight is 237 g/mol. The molecular weight excluding hydrogens is 220 g/mol. The first-order valence-corrected chi connectivity index (χ1v) is 6.26. The van der Waals surface area contributed by atoms with Gasteiger partial charge in [0, 0.05) is 6.07 Å². The Morgan fingerprint density at radius 3 is 2.61 bits per heavy atom. The predicted molar refractivity (Wildman–Crippen MR) is 72.6 cm³/mol. The lowest BCUT2D eigenvalue weighted by molar-refractivity contribution is -0.661. The SMILES string of the molecule is Cc1cc(C)n2cc[n+](Cc3ccccc3)c2c1. The zero-order valence-corrected chi connectivity index (χ0v) is 10.8. The molecule has 0 N–H and O–H groups in total. The van der Waals surface area contributed by atoms with Crippen molar-refractivity contribution in [1.29, 1.82) is 0 Å². The molecule has 2 heterocycles. The monoisotopic (exact) mass is 237 g/mol. The third kappa shape index (κ3) is 1.90. The Labute approximate surface area is 107 Å². The molecule has 2 aromatic heterocycles. The Balaban J connectivity index is 2.08. The fourth-order valence-electron chi connectivity index (χ4n) is 2.45. The molecule has 0 bridgehead atoms. The number of benzene rings is 1. The number of pyridine rings is 1. The van der Waals surface area contributed by atoms with Crippen LogP contribution >= 0.6 is 0 Å². The first-order chi connectivity index (χ1) is 8.74. The highest BCUT2D eigenvalue weighted by atomic mass is 15.1. The van der Waals surface area contributed by atoms with Gasteiger partial charge < -0.3 is 0 Å². The van der Waals surface area contributed by atoms with Gasteiger partial charge in [0.25, 0.3) is 5.65 Å². The molecule has 3 rings (SSSR count). The van der Waals surface area contributed by atoms with Crippen molar-refractivity contribution in [2.45, 2.75) is 20.4 Å². The topological polar surface area (TPSA) is 8.29 Å². The predicted octanol–water partition coefficient (Wildman–Crippen LogP) is 2.89. The highest BCUT2D eigenvalue weighted by molar-refractivity contribution is 5.38. The van der Waals surface area contributed by atoms with E-state index in [9.17, 15) is 0 Å². The molecule has 0 atom stereocenters. The van der Waals surface area contributed by atoms with Crippen LogP contribution in [0.2, 0.25) is 0 Å². The molecule has 0 saturated heterocycles. The lowest BCUT2D eigenvalue weighted by atomic mass is 10.2. The number of imidazole rings is 1. The molecule has 1 aromatic carbocycles. The van der Waals surface area contributed by atoms with Gasteiger partial charge in [-0.15, -0.1) is 0 Å². The minimum atomic E-state index is 0.917. The maximum atomic E-state index is 2.29. The van der Waals surface area contributed by atoms with Crippen molar-refractivity contribution in [2.75, 3.05) is 0 Å². The molecule has 0 spiro atoms. The summed E-state index contributed by atoms with van der Waals surface area (Å²) in [5.74, 6) is 0. The van der Waals surface area contributed by atoms with E-state index < -0.39 is 0 Å². The number of rotatable bonds is 2. The van der Waals surface area contributed by atoms with Gasteiger partial charge in [0.1, 0.15) is 24.6 Å². The largest absolute Gasteiger partial charge is 0.286 e. The molecule has 0 unspecified atom stereocenters. The smallest absolute Gasteiger partial charge is 0.226 e. The molecule has 0 saturated carbocycles. The molecule has 3 aromatic rings. The van der Waals surface area contributed by atoms with E-state index in [0.29, 0.717) is 0 Å². The first-order valence-electron chi connectivity index (χ1n) is 6.26. The summed E-state index contributed by atoms with van der Waals surface area (Å²) in [4.78, 5) is 0. The van der Waals surface area contributed by atoms with E-state index in [4.69, 9.17) is 0 Å². The van der Waals surface area contributed by atoms with Gasteiger partial charge in [0.05, 0.1) is 0 Å². The van der Waals surface area contributed by atoms with Crippen LogP contribution in [0.1, 0.15) is 16.8 Å². The third-order valence-electron chi connectivity index (χ3n) is 3.31. The lowest BCUT2D eigenvalue weighted by Gasteiger charge is -2.00. The number of aryl methyl sites for hydroxylation is 2. The van der Waals surface area contributed by atoms with Crippen LogP contribution < -0.4 is 4.57 Å². The van der Waals surface area contributed by atoms with Crippen molar-refractivity contribution in [3.05, 3.63) is 71.7 Å². The van der Waals surface area contributed by atoms with Crippen LogP contribution in [0.3, 0.4) is 0 Å². The normalized spacial score (nSPS) is 11.0. The van der Waals surface area contributed by atoms with Crippen LogP contribution in [0.15, 0.2) is 54.9 Å². The van der Waals surface area contributed by atoms with Crippen LogP contribution in [0.25, 0.3) is 5.65 Å². The molecule has 0 fully saturated rings. The van der Waals surface area contributed by atoms with Gasteiger partial charge in [-0.1, -0.05) is 30.3 Å². The van der Waals surface area contributed by atoms with Gasteiger partial charge in [0.2, 0.25) is 0 Å². The minimum Gasteiger partial charge on any atom is -0.226 e. The summed E-state index contributed by atoms with van der Waals surface area (Å²) in [5.41, 5.74) is 5.16. The van der Waals surface area contributed by atoms with Gasteiger partial charge in [0.15, 0.2) is 0 Å². The molecule has 0 amide bonds. The van der Waals surface area contributed by atoms with E-state index in [1.807, 2.05) is 0 Å². The zero-order chi connectivity index (χ0) is 12.5. The van der Waals surface area contributed by atoms with Crippen LogP contribution in [-0.4, -0.2) is 4.40 Å². The molecular formula is C16H17N2+. The van der Waals surface area contributed by atoms with E-state index >= 15 is 0 Å². The fourth-order valence-corrected chi connectivity index (χ4v) is 2.45. The summed E-state index contributed by atoms with van der Waals surface area (Å²) in [6.45, 7) is 5.21. The average Bonchev–Trinajstić information content (AvgIpc) is 2.74. The summed E-state index contributed by atoms with van der Waals surface area (Å²) < 4.78 is 4.52. The second kappa shape index (κ2) is 4.30. The lowest BCUT2D eigenvalue weighted by Crippen LogP contribution is -2.32. The quantitative estimate of drug-likeness (QED) is 0.606. The molecule has 0 radical (unpaired) electrons. The van der Waals surface area contributed by atoms with Crippen molar-refractivity contribution in [3.8, 4) is 0 Å². The second-order valence-corrected chi connectivity index (χ2v) is 4.81. The van der Waals surface area contributed by atoms with E-state index in [-0.39, 0.29) is 0 Å². The van der Waals surface area contributed by atoms with Crippen molar-refractivity contribution in [2.24, 2.45) is 0 Å². The van der Waals surface area contributed by atoms with Gasteiger partial charge >= 0.3 is 0 Å². The van der Waals surface area contributed by atoms with Crippen molar-refractivity contribution in [1.82, 2.24) is 4.40 Å². The maximum Gasteiger partial charge on any atom is 0.286 e. The van der Waals surface area contributed by atoms with Crippen LogP contribution in [0, 0.1) is 13.8 Å². The van der Waals surface area contributed by atoms with Gasteiger partial charge in [-0.3, -0.25) is 0 Å². The molecule has 0 aliphatic heterocycles. The van der Waals surface area contributed by atoms with E-state index in [0.717, 1.165) is 6.54 Å². The van der Waals surface area contributed by atoms with Gasteiger partial charge in [-0.05, 0) is 31.0 Å². The Bertz CT molecular complexity index is 681. The Morgan fingerprint density at radius 1 is 1.06 bits per heavy atom. The summed E-state index contributed by atoms with van der Waals surface area (Å²) in [7, 11) is 0. The molecule has 18 heavy (non-hydrogen) atoms. The first kappa shape index (κ1) is 11.0. The summed E-state index contributed by atoms with van der Waals surface area (Å²) >= 11 is 0. The summed E-state index contributed by atoms with van der Waals surface area (Å²) in [6, 6.07) is 15.0. The fraction of sp³-hybridized carbons (Fsp3) is 0.188. The molecule has 0 aliphatic rings. The van der Waals surface area contributed by atoms with Gasteiger partial charge in [-0.25, -0.2) is 8.97 Å². The van der Waals surface area contributed by atoms with Crippen molar-refractivity contribution < 1.29 is 4.57 Å². The second-order valence-electron chi connectivity index (χ2n) is 4.81. The Hall–Kier alpha value is -2.09. The van der Waals surface area contributed by atoms with E-state index in [1.165, 1.54) is 22.5 Å². The van der Waals surface area contributed by atoms with Gasteiger partial charge in [-0.2, -0.15) is 0 Å². The van der Waals surface area contributed by atoms with Crippen molar-refractivity contribution in [3.63, 3.8) is 0 Å². The number of nitrogens with zero attached hydrogens (tertiary/aromatic N) is 2. The minimum absolute atomic E-state index is 0.917. The molecule has 0 aliphatic carbocycles. The third-order valence-corrected chi connectivity index (χ3v) is 3.31. The maximum absolute atomic E-state index is 2.29. The zero-order valence-electron chi connectivity index (χ0n) is 10.8. The molecule has 2 nitrogen and oxygen atoms in total. The number of fused-ring (bicyclic) bond motifs is 1. The van der Waals surface area contributed by atoms with E-state index in [2.05, 4.69) is 77.7 Å². The highest BCUT2D eigenvalue weighted by Gasteiger charge is 2.12. The van der Waals surface area contributed by atoms with Crippen LogP contribution in [0.4, 0.5) is 0 Å². The Kier molecular flexibility index (Phi) is 2.63. The van der Waals surface area contributed by atoms with Crippen LogP contribution in [0.5, 0.6) is 0 Å². The summed E-state index contributed by atoms with van der Waals surface area (Å²) in [5, 5.41) is 0. The standard InChI is InChI=1S/C16H17N2/c1-13-10-14(2)18-9-8-17(16(18)11-13)12-15-6-4-3-5-7-15/h3-11H,12H2,1-2H3/q+1. The van der Waals surface area contributed by atoms with Crippen molar-refractivity contribution >= 4 is 5.65 Å². The number of hydrogen-bond acceptors (Lipinski definition) is 0. The van der Waals surface area contributed by atoms with E-state index in [1.54, 1.807) is 0 Å². The number of hydrogen-bond donors (Lipinski definition) is 0. The molecule has 2 heteroatoms. The highest BCUT2D eigenvalue weighted by Crippen LogP contribution is 2.09. The summed E-state index contributed by atoms with van der Waals surface area (Å²) in [6.07, 6.45) is 4.28. The Morgan fingerprint density at radius 2 is 1.83 bits per heavy atom.